The molecule has 2 rings (SSSR count). The van der Waals surface area contributed by atoms with Crippen molar-refractivity contribution in [3.05, 3.63) is 40.4 Å². The molecule has 1 fully saturated rings. The van der Waals surface area contributed by atoms with Crippen molar-refractivity contribution in [3.8, 4) is 0 Å². The van der Waals surface area contributed by atoms with Crippen LogP contribution in [-0.2, 0) is 4.74 Å². The molecule has 0 aliphatic carbocycles. The first-order valence-corrected chi connectivity index (χ1v) is 6.51. The maximum Gasteiger partial charge on any atom is 0.141 e. The van der Waals surface area contributed by atoms with Gasteiger partial charge in [-0.2, -0.15) is 0 Å². The number of nitrogens with one attached hydrogen (secondary N) is 1. The molecule has 5 heteroatoms. The molecule has 1 aromatic carbocycles. The van der Waals surface area contributed by atoms with Gasteiger partial charge in [-0.1, -0.05) is 46.3 Å². The Morgan fingerprint density at radius 3 is 2.61 bits per heavy atom. The number of ether oxygens (including phenoxy) is 1. The van der Waals surface area contributed by atoms with Gasteiger partial charge >= 0.3 is 0 Å². The smallest absolute Gasteiger partial charge is 0.141 e. The molecule has 1 aliphatic heterocycles. The van der Waals surface area contributed by atoms with Gasteiger partial charge in [0.1, 0.15) is 6.23 Å². The van der Waals surface area contributed by atoms with E-state index in [-0.39, 0.29) is 26.0 Å². The van der Waals surface area contributed by atoms with Crippen molar-refractivity contribution in [2.24, 2.45) is 0 Å². The minimum atomic E-state index is -0.756. The van der Waals surface area contributed by atoms with Crippen molar-refractivity contribution in [3.63, 3.8) is 0 Å². The van der Waals surface area contributed by atoms with Crippen molar-refractivity contribution >= 4 is 22.0 Å². The number of benzene rings is 1. The van der Waals surface area contributed by atoms with E-state index < -0.39 is 5.54 Å². The van der Waals surface area contributed by atoms with Crippen LogP contribution in [0.4, 0.5) is 0 Å². The lowest BCUT2D eigenvalue weighted by molar-refractivity contribution is 0.0844. The molecule has 1 atom stereocenters. The van der Waals surface area contributed by atoms with Crippen LogP contribution in [-0.4, -0.2) is 41.8 Å². The summed E-state index contributed by atoms with van der Waals surface area (Å²) < 4.78 is 6.37. The Morgan fingerprint density at radius 2 is 2.06 bits per heavy atom. The summed E-state index contributed by atoms with van der Waals surface area (Å²) in [5.41, 5.74) is 0.300. The molecule has 3 N–H and O–H groups in total. The number of hydrogen-bond acceptors (Lipinski definition) is 4. The third kappa shape index (κ3) is 2.99. The Balaban J connectivity index is 2.08. The molecule has 0 amide bonds. The normalized spacial score (nSPS) is 23.3. The first-order chi connectivity index (χ1) is 8.69. The van der Waals surface area contributed by atoms with Gasteiger partial charge in [0.05, 0.1) is 25.4 Å². The van der Waals surface area contributed by atoms with Crippen molar-refractivity contribution in [2.45, 2.75) is 11.8 Å². The third-order valence-corrected chi connectivity index (χ3v) is 3.57. The van der Waals surface area contributed by atoms with Gasteiger partial charge in [0.2, 0.25) is 0 Å². The fraction of sp³-hybridized carbons (Fsp3) is 0.385. The van der Waals surface area contributed by atoms with Crippen LogP contribution in [0.5, 0.6) is 0 Å². The summed E-state index contributed by atoms with van der Waals surface area (Å²) in [7, 11) is 0. The Bertz CT molecular complexity index is 418. The van der Waals surface area contributed by atoms with E-state index in [1.54, 1.807) is 0 Å². The van der Waals surface area contributed by atoms with Crippen LogP contribution in [0.1, 0.15) is 5.56 Å². The zero-order valence-electron chi connectivity index (χ0n) is 9.84. The number of aliphatic hydroxyl groups excluding tert-OH is 2. The van der Waals surface area contributed by atoms with E-state index >= 15 is 0 Å². The first-order valence-electron chi connectivity index (χ1n) is 5.72. The third-order valence-electron chi connectivity index (χ3n) is 2.92. The van der Waals surface area contributed by atoms with E-state index in [9.17, 15) is 10.2 Å². The highest BCUT2D eigenvalue weighted by Gasteiger charge is 2.39. The van der Waals surface area contributed by atoms with E-state index in [0.29, 0.717) is 0 Å². The van der Waals surface area contributed by atoms with Crippen LogP contribution in [0.3, 0.4) is 0 Å². The molecule has 0 aromatic heterocycles. The second-order valence-electron chi connectivity index (χ2n) is 4.37. The maximum absolute atomic E-state index is 9.27. The first kappa shape index (κ1) is 13.7. The van der Waals surface area contributed by atoms with Crippen LogP contribution in [0.25, 0.3) is 6.08 Å². The molecular weight excluding hydrogens is 298 g/mol. The molecule has 0 radical (unpaired) electrons. The van der Waals surface area contributed by atoms with Gasteiger partial charge < -0.3 is 14.9 Å². The van der Waals surface area contributed by atoms with Crippen LogP contribution >= 0.6 is 15.9 Å². The van der Waals surface area contributed by atoms with Crippen LogP contribution in [0.15, 0.2) is 34.8 Å². The molecule has 1 unspecified atom stereocenters. The highest BCUT2D eigenvalue weighted by molar-refractivity contribution is 9.11. The molecule has 1 aromatic rings. The summed E-state index contributed by atoms with van der Waals surface area (Å²) in [6.45, 7) is -0.0420. The van der Waals surface area contributed by atoms with Crippen LogP contribution < -0.4 is 5.32 Å². The molecule has 0 spiro atoms. The number of halogens is 1. The Morgan fingerprint density at radius 1 is 1.39 bits per heavy atom. The minimum absolute atomic E-state index is 0.161. The van der Waals surface area contributed by atoms with Crippen molar-refractivity contribution in [2.75, 3.05) is 19.8 Å². The predicted octanol–water partition coefficient (Wildman–Crippen LogP) is 1.09. The molecular formula is C13H16BrNO3. The van der Waals surface area contributed by atoms with Crippen molar-refractivity contribution in [1.29, 1.82) is 0 Å². The van der Waals surface area contributed by atoms with E-state index in [1.807, 2.05) is 36.4 Å². The van der Waals surface area contributed by atoms with Crippen molar-refractivity contribution < 1.29 is 14.9 Å². The van der Waals surface area contributed by atoms with Crippen LogP contribution in [0.2, 0.25) is 0 Å². The Kier molecular flexibility index (Phi) is 4.53. The van der Waals surface area contributed by atoms with Crippen molar-refractivity contribution in [1.82, 2.24) is 5.32 Å². The standard InChI is InChI=1S/C13H16BrNO3/c14-11(6-10-4-2-1-3-5-10)12-15-13(7-16,8-17)9-18-12/h1-6,12,15-17H,7-9H2/b11-6+. The number of hydrogen-bond donors (Lipinski definition) is 3. The lowest BCUT2D eigenvalue weighted by Crippen LogP contribution is -2.51. The van der Waals surface area contributed by atoms with E-state index in [0.717, 1.165) is 10.0 Å². The fourth-order valence-electron chi connectivity index (χ4n) is 1.77. The van der Waals surface area contributed by atoms with Gasteiger partial charge in [0.15, 0.2) is 0 Å². The summed E-state index contributed by atoms with van der Waals surface area (Å²) in [4.78, 5) is 0. The monoisotopic (exact) mass is 313 g/mol. The molecule has 18 heavy (non-hydrogen) atoms. The molecule has 98 valence electrons. The van der Waals surface area contributed by atoms with E-state index in [2.05, 4.69) is 21.2 Å². The van der Waals surface area contributed by atoms with E-state index in [4.69, 9.17) is 4.74 Å². The highest BCUT2D eigenvalue weighted by atomic mass is 79.9. The van der Waals surface area contributed by atoms with Gasteiger partial charge in [-0.25, -0.2) is 0 Å². The zero-order valence-corrected chi connectivity index (χ0v) is 11.4. The van der Waals surface area contributed by atoms with Gasteiger partial charge in [-0.15, -0.1) is 0 Å². The minimum Gasteiger partial charge on any atom is -0.394 e. The average molecular weight is 314 g/mol. The predicted molar refractivity (Wildman–Crippen MR) is 73.1 cm³/mol. The fourth-order valence-corrected chi connectivity index (χ4v) is 2.28. The lowest BCUT2D eigenvalue weighted by Gasteiger charge is -2.23. The topological polar surface area (TPSA) is 61.7 Å². The maximum atomic E-state index is 9.27. The van der Waals surface area contributed by atoms with Gasteiger partial charge in [0, 0.05) is 4.48 Å². The average Bonchev–Trinajstić information content (AvgIpc) is 2.85. The molecule has 0 bridgehead atoms. The summed E-state index contributed by atoms with van der Waals surface area (Å²) in [6.07, 6.45) is 1.60. The second kappa shape index (κ2) is 5.95. The summed E-state index contributed by atoms with van der Waals surface area (Å²) >= 11 is 3.46. The van der Waals surface area contributed by atoms with Crippen LogP contribution in [0, 0.1) is 0 Å². The Labute approximate surface area is 114 Å². The summed E-state index contributed by atoms with van der Waals surface area (Å²) in [5, 5.41) is 21.6. The quantitative estimate of drug-likeness (QED) is 0.779. The second-order valence-corrected chi connectivity index (χ2v) is 5.29. The number of rotatable bonds is 4. The molecule has 1 saturated heterocycles. The highest BCUT2D eigenvalue weighted by Crippen LogP contribution is 2.24. The molecule has 1 aliphatic rings. The SMILES string of the molecule is OCC1(CO)COC(/C(Br)=C\c2ccccc2)N1. The van der Waals surface area contributed by atoms with Gasteiger partial charge in [-0.05, 0) is 11.6 Å². The van der Waals surface area contributed by atoms with E-state index in [1.165, 1.54) is 0 Å². The largest absolute Gasteiger partial charge is 0.394 e. The zero-order chi connectivity index (χ0) is 13.0. The summed E-state index contributed by atoms with van der Waals surface area (Å²) in [5.74, 6) is 0. The summed E-state index contributed by atoms with van der Waals surface area (Å²) in [6, 6.07) is 9.85. The number of aliphatic hydroxyl groups is 2. The molecule has 0 saturated carbocycles. The molecule has 4 nitrogen and oxygen atoms in total. The Hall–Kier alpha value is -0.720. The van der Waals surface area contributed by atoms with Gasteiger partial charge in [-0.3, -0.25) is 5.32 Å². The molecule has 1 heterocycles. The van der Waals surface area contributed by atoms with Gasteiger partial charge in [0.25, 0.3) is 0 Å². The lowest BCUT2D eigenvalue weighted by atomic mass is 10.1.